The molecule has 3 aromatic rings. The molecular weight excluding hydrogens is 354 g/mol. The maximum atomic E-state index is 10.4. The highest BCUT2D eigenvalue weighted by Crippen LogP contribution is 2.23. The molecule has 0 heterocycles. The molecule has 0 saturated carbocycles. The lowest BCUT2D eigenvalue weighted by Gasteiger charge is -2.08. The largest absolute Gasteiger partial charge is 0.489 e. The Bertz CT molecular complexity index is 947. The van der Waals surface area contributed by atoms with Crippen molar-refractivity contribution in [3.63, 3.8) is 0 Å². The summed E-state index contributed by atoms with van der Waals surface area (Å²) in [6.45, 7) is 2.16. The Hall–Kier alpha value is -3.60. The lowest BCUT2D eigenvalue weighted by Crippen LogP contribution is -2.03. The fraction of sp³-hybridized carbons (Fsp3) is 0.130. The minimum absolute atomic E-state index is 0.452. The molecule has 0 atom stereocenters. The molecule has 142 valence electrons. The van der Waals surface area contributed by atoms with Crippen molar-refractivity contribution in [2.45, 2.75) is 13.5 Å². The molecule has 0 amide bonds. The molecule has 0 aliphatic carbocycles. The summed E-state index contributed by atoms with van der Waals surface area (Å²) in [5, 5.41) is 12.1. The van der Waals surface area contributed by atoms with Gasteiger partial charge < -0.3 is 14.7 Å². The first kappa shape index (κ1) is 19.2. The second kappa shape index (κ2) is 9.37. The van der Waals surface area contributed by atoms with E-state index >= 15 is 0 Å². The number of carbonyl (C=O) groups is 1. The van der Waals surface area contributed by atoms with Crippen LogP contribution in [0.4, 0.5) is 0 Å². The summed E-state index contributed by atoms with van der Waals surface area (Å²) in [5.41, 5.74) is 5.33. The summed E-state index contributed by atoms with van der Waals surface area (Å²) >= 11 is 0. The Morgan fingerprint density at radius 2 is 1.68 bits per heavy atom. The third-order valence-electron chi connectivity index (χ3n) is 4.05. The average Bonchev–Trinajstić information content (AvgIpc) is 2.70. The molecule has 0 spiro atoms. The summed E-state index contributed by atoms with van der Waals surface area (Å²) in [7, 11) is 0. The van der Waals surface area contributed by atoms with Gasteiger partial charge in [-0.3, -0.25) is 0 Å². The van der Waals surface area contributed by atoms with Crippen molar-refractivity contribution in [2.24, 2.45) is 5.16 Å². The van der Waals surface area contributed by atoms with Crippen LogP contribution in [-0.4, -0.2) is 23.9 Å². The molecule has 0 fully saturated rings. The molecule has 5 nitrogen and oxygen atoms in total. The van der Waals surface area contributed by atoms with Gasteiger partial charge in [0.05, 0.1) is 6.21 Å². The van der Waals surface area contributed by atoms with Crippen molar-refractivity contribution < 1.29 is 19.5 Å². The zero-order valence-corrected chi connectivity index (χ0v) is 15.5. The molecule has 1 N–H and O–H groups in total. The number of benzene rings is 3. The van der Waals surface area contributed by atoms with Crippen molar-refractivity contribution in [2.75, 3.05) is 6.61 Å². The zero-order chi connectivity index (χ0) is 19.8. The second-order valence-electron chi connectivity index (χ2n) is 6.33. The normalized spacial score (nSPS) is 10.8. The third-order valence-corrected chi connectivity index (χ3v) is 4.05. The molecule has 0 radical (unpaired) electrons. The highest BCUT2D eigenvalue weighted by Gasteiger charge is 2.01. The molecule has 3 aromatic carbocycles. The van der Waals surface area contributed by atoms with Crippen LogP contribution in [0.3, 0.4) is 0 Å². The lowest BCUT2D eigenvalue weighted by molar-refractivity contribution is -0.142. The summed E-state index contributed by atoms with van der Waals surface area (Å²) in [6, 6.07) is 24.0. The number of nitrogens with zero attached hydrogens (tertiary/aromatic N) is 1. The van der Waals surface area contributed by atoms with Crippen LogP contribution in [0.1, 0.15) is 16.7 Å². The topological polar surface area (TPSA) is 68.1 Å². The van der Waals surface area contributed by atoms with Crippen molar-refractivity contribution in [3.05, 3.63) is 89.5 Å². The summed E-state index contributed by atoms with van der Waals surface area (Å²) < 4.78 is 5.86. The first-order valence-corrected chi connectivity index (χ1v) is 8.86. The van der Waals surface area contributed by atoms with Crippen molar-refractivity contribution >= 4 is 12.2 Å². The van der Waals surface area contributed by atoms with Gasteiger partial charge >= 0.3 is 5.97 Å². The molecule has 0 unspecified atom stereocenters. The second-order valence-corrected chi connectivity index (χ2v) is 6.33. The highest BCUT2D eigenvalue weighted by molar-refractivity contribution is 5.80. The van der Waals surface area contributed by atoms with Crippen LogP contribution >= 0.6 is 0 Å². The van der Waals surface area contributed by atoms with Gasteiger partial charge in [-0.1, -0.05) is 71.4 Å². The Morgan fingerprint density at radius 1 is 1.00 bits per heavy atom. The van der Waals surface area contributed by atoms with E-state index in [-0.39, 0.29) is 0 Å². The zero-order valence-electron chi connectivity index (χ0n) is 15.5. The Kier molecular flexibility index (Phi) is 6.41. The van der Waals surface area contributed by atoms with Gasteiger partial charge in [-0.2, -0.15) is 0 Å². The fourth-order valence-corrected chi connectivity index (χ4v) is 2.66. The van der Waals surface area contributed by atoms with Gasteiger partial charge in [0.2, 0.25) is 6.61 Å². The van der Waals surface area contributed by atoms with E-state index in [1.165, 1.54) is 11.8 Å². The van der Waals surface area contributed by atoms with Crippen LogP contribution in [-0.2, 0) is 16.2 Å². The van der Waals surface area contributed by atoms with Gasteiger partial charge in [-0.15, -0.1) is 0 Å². The first-order chi connectivity index (χ1) is 13.6. The third kappa shape index (κ3) is 5.71. The van der Waals surface area contributed by atoms with E-state index in [0.29, 0.717) is 6.61 Å². The minimum atomic E-state index is -1.06. The van der Waals surface area contributed by atoms with E-state index in [4.69, 9.17) is 9.84 Å². The van der Waals surface area contributed by atoms with Gasteiger partial charge in [0.25, 0.3) is 0 Å². The predicted molar refractivity (Wildman–Crippen MR) is 109 cm³/mol. The number of hydrogen-bond acceptors (Lipinski definition) is 4. The molecular formula is C23H21NO4. The number of carboxylic acid groups (broad SMARTS) is 1. The molecule has 0 aliphatic rings. The van der Waals surface area contributed by atoms with Crippen LogP contribution in [0.2, 0.25) is 0 Å². The number of ether oxygens (including phenoxy) is 1. The lowest BCUT2D eigenvalue weighted by atomic mass is 10.0. The van der Waals surface area contributed by atoms with E-state index in [1.807, 2.05) is 54.6 Å². The van der Waals surface area contributed by atoms with Crippen LogP contribution in [0.15, 0.2) is 78.0 Å². The molecule has 3 rings (SSSR count). The summed E-state index contributed by atoms with van der Waals surface area (Å²) in [4.78, 5) is 15.0. The maximum absolute atomic E-state index is 10.4. The van der Waals surface area contributed by atoms with Crippen molar-refractivity contribution in [3.8, 4) is 16.9 Å². The molecule has 0 aliphatic heterocycles. The maximum Gasteiger partial charge on any atom is 0.344 e. The predicted octanol–water partition coefficient (Wildman–Crippen LogP) is 4.68. The number of rotatable bonds is 8. The van der Waals surface area contributed by atoms with Gasteiger partial charge in [0.15, 0.2) is 0 Å². The Balaban J connectivity index is 1.57. The van der Waals surface area contributed by atoms with E-state index in [1.54, 1.807) is 0 Å². The quantitative estimate of drug-likeness (QED) is 0.459. The monoisotopic (exact) mass is 375 g/mol. The van der Waals surface area contributed by atoms with Crippen LogP contribution < -0.4 is 4.74 Å². The number of oxime groups is 1. The van der Waals surface area contributed by atoms with Crippen molar-refractivity contribution in [1.29, 1.82) is 0 Å². The van der Waals surface area contributed by atoms with Gasteiger partial charge in [0.1, 0.15) is 12.4 Å². The van der Waals surface area contributed by atoms with Crippen LogP contribution in [0.5, 0.6) is 5.75 Å². The van der Waals surface area contributed by atoms with Crippen molar-refractivity contribution in [1.82, 2.24) is 0 Å². The number of aryl methyl sites for hydroxylation is 1. The van der Waals surface area contributed by atoms with E-state index in [2.05, 4.69) is 35.1 Å². The Labute approximate surface area is 163 Å². The molecule has 0 saturated heterocycles. The molecule has 0 bridgehead atoms. The summed E-state index contributed by atoms with van der Waals surface area (Å²) in [6.07, 6.45) is 1.48. The average molecular weight is 375 g/mol. The SMILES string of the molecule is Cc1cccc(COc2ccc(-c3ccc(/C=N/OCC(=O)O)cc3)cc2)c1. The molecule has 5 heteroatoms. The first-order valence-electron chi connectivity index (χ1n) is 8.86. The van der Waals surface area contributed by atoms with E-state index in [9.17, 15) is 4.79 Å². The molecule has 28 heavy (non-hydrogen) atoms. The number of carboxylic acids is 1. The minimum Gasteiger partial charge on any atom is -0.489 e. The van der Waals surface area contributed by atoms with E-state index < -0.39 is 12.6 Å². The Morgan fingerprint density at radius 3 is 2.32 bits per heavy atom. The number of hydrogen-bond donors (Lipinski definition) is 1. The van der Waals surface area contributed by atoms with Gasteiger partial charge in [-0.25, -0.2) is 4.79 Å². The molecule has 0 aromatic heterocycles. The van der Waals surface area contributed by atoms with Crippen LogP contribution in [0, 0.1) is 6.92 Å². The van der Waals surface area contributed by atoms with Crippen LogP contribution in [0.25, 0.3) is 11.1 Å². The smallest absolute Gasteiger partial charge is 0.344 e. The fourth-order valence-electron chi connectivity index (χ4n) is 2.66. The highest BCUT2D eigenvalue weighted by atomic mass is 16.6. The van der Waals surface area contributed by atoms with Gasteiger partial charge in [-0.05, 0) is 41.3 Å². The van der Waals surface area contributed by atoms with E-state index in [0.717, 1.165) is 28.0 Å². The number of aliphatic carboxylic acids is 1. The van der Waals surface area contributed by atoms with Gasteiger partial charge in [0, 0.05) is 0 Å². The standard InChI is InChI=1S/C23H21NO4/c1-17-3-2-4-19(13-17)15-27-22-11-9-21(10-12-22)20-7-5-18(6-8-20)14-24-28-16-23(25)26/h2-14H,15-16H2,1H3,(H,25,26)/b24-14+. The summed E-state index contributed by atoms with van der Waals surface area (Å²) in [5.74, 6) is -0.233.